The quantitative estimate of drug-likeness (QED) is 0.0690. The molecule has 1 fully saturated rings. The number of thiol groups is 1. The van der Waals surface area contributed by atoms with Crippen LogP contribution in [0, 0.1) is 0 Å². The van der Waals surface area contributed by atoms with Crippen molar-refractivity contribution in [1.82, 2.24) is 9.88 Å². The average Bonchev–Trinajstić information content (AvgIpc) is 3.48. The number of β-amino-alcohol motifs (C(OH)–C–C–N with tert-alkyl or cyclic N) is 1. The normalized spacial score (nSPS) is 11.0. The summed E-state index contributed by atoms with van der Waals surface area (Å²) in [4.78, 5) is 80.1. The molecular weight excluding hydrogens is 738 g/mol. The third kappa shape index (κ3) is 18.6. The number of carboxylic acid groups (broad SMARTS) is 4. The molecule has 0 spiro atoms. The SMILES string of the molecule is CN(C)c1ccncc1.O=C(O)CCC(=O)C(=O)O.O=C(O)c1ccccc1Oc1ccccc1.O=C(O)c1ccccc1S.O=C1CCC(=O)N1CCO. The maximum atomic E-state index is 10.9. The number of carbonyl (C=O) groups is 7. The summed E-state index contributed by atoms with van der Waals surface area (Å²) in [5.41, 5.74) is 1.59. The summed E-state index contributed by atoms with van der Waals surface area (Å²) in [5.74, 6) is -5.12. The minimum absolute atomic E-state index is 0.141. The van der Waals surface area contributed by atoms with Crippen molar-refractivity contribution >= 4 is 59.8 Å². The molecule has 0 saturated carbocycles. The van der Waals surface area contributed by atoms with Crippen molar-refractivity contribution in [3.8, 4) is 11.5 Å². The number of carboxylic acids is 4. The van der Waals surface area contributed by atoms with Gasteiger partial charge in [-0.25, -0.2) is 14.4 Å². The van der Waals surface area contributed by atoms with E-state index in [0.29, 0.717) is 29.2 Å². The largest absolute Gasteiger partial charge is 0.481 e. The zero-order valence-electron chi connectivity index (χ0n) is 29.8. The molecule has 1 aliphatic rings. The zero-order chi connectivity index (χ0) is 41.3. The molecule has 2 heterocycles. The Hall–Kier alpha value is -6.59. The Kier molecular flexibility index (Phi) is 21.4. The Morgan fingerprint density at radius 2 is 1.24 bits per heavy atom. The monoisotopic (exact) mass is 779 g/mol. The van der Waals surface area contributed by atoms with Gasteiger partial charge in [-0.2, -0.15) is 0 Å². The Labute approximate surface area is 321 Å². The van der Waals surface area contributed by atoms with Crippen LogP contribution in [0.1, 0.15) is 46.4 Å². The third-order valence-corrected chi connectivity index (χ3v) is 7.07. The molecule has 0 aliphatic carbocycles. The minimum Gasteiger partial charge on any atom is -0.481 e. The summed E-state index contributed by atoms with van der Waals surface area (Å²) in [7, 11) is 4.02. The van der Waals surface area contributed by atoms with Crippen LogP contribution in [0.2, 0.25) is 0 Å². The molecule has 0 atom stereocenters. The molecular formula is C38H41N3O13S. The van der Waals surface area contributed by atoms with E-state index >= 15 is 0 Å². The average molecular weight is 780 g/mol. The van der Waals surface area contributed by atoms with Gasteiger partial charge in [0.2, 0.25) is 17.6 Å². The van der Waals surface area contributed by atoms with Gasteiger partial charge in [0.25, 0.3) is 0 Å². The van der Waals surface area contributed by atoms with E-state index in [9.17, 15) is 33.6 Å². The number of ether oxygens (including phenoxy) is 1. The summed E-state index contributed by atoms with van der Waals surface area (Å²) in [5, 5.41) is 41.8. The van der Waals surface area contributed by atoms with E-state index in [2.05, 4.69) is 17.6 Å². The van der Waals surface area contributed by atoms with Gasteiger partial charge >= 0.3 is 23.9 Å². The van der Waals surface area contributed by atoms with Gasteiger partial charge in [0.1, 0.15) is 17.1 Å². The number of carbonyl (C=O) groups excluding carboxylic acids is 3. The van der Waals surface area contributed by atoms with Gasteiger partial charge in [0.05, 0.1) is 25.1 Å². The number of anilines is 1. The second-order valence-corrected chi connectivity index (χ2v) is 11.4. The van der Waals surface area contributed by atoms with Gasteiger partial charge in [-0.05, 0) is 48.5 Å². The van der Waals surface area contributed by atoms with E-state index < -0.39 is 42.5 Å². The Bertz CT molecular complexity index is 1860. The summed E-state index contributed by atoms with van der Waals surface area (Å²) >= 11 is 3.96. The number of hydrogen-bond donors (Lipinski definition) is 6. The molecule has 5 N–H and O–H groups in total. The number of benzene rings is 3. The van der Waals surface area contributed by atoms with Crippen LogP contribution in [0.4, 0.5) is 5.69 Å². The number of likely N-dealkylation sites (tertiary alicyclic amines) is 1. The number of nitrogens with zero attached hydrogens (tertiary/aromatic N) is 3. The molecule has 1 aliphatic heterocycles. The van der Waals surface area contributed by atoms with Crippen LogP contribution in [-0.2, 0) is 24.0 Å². The maximum absolute atomic E-state index is 10.9. The molecule has 5 rings (SSSR count). The molecule has 4 aromatic rings. The second-order valence-electron chi connectivity index (χ2n) is 10.9. The highest BCUT2D eigenvalue weighted by molar-refractivity contribution is 7.80. The number of aliphatic hydroxyl groups is 1. The molecule has 16 nitrogen and oxygen atoms in total. The van der Waals surface area contributed by atoms with E-state index in [-0.39, 0.29) is 36.1 Å². The lowest BCUT2D eigenvalue weighted by molar-refractivity contribution is -0.149. The number of aliphatic carboxylic acids is 2. The number of aromatic nitrogens is 1. The van der Waals surface area contributed by atoms with Crippen LogP contribution < -0.4 is 9.64 Å². The number of aromatic carboxylic acids is 2. The van der Waals surface area contributed by atoms with Gasteiger partial charge in [-0.1, -0.05) is 42.5 Å². The van der Waals surface area contributed by atoms with Crippen LogP contribution in [-0.4, -0.2) is 104 Å². The van der Waals surface area contributed by atoms with Gasteiger partial charge in [0, 0.05) is 56.3 Å². The van der Waals surface area contributed by atoms with Crippen LogP contribution in [0.15, 0.2) is 108 Å². The Morgan fingerprint density at radius 3 is 1.67 bits per heavy atom. The molecule has 0 radical (unpaired) electrons. The maximum Gasteiger partial charge on any atom is 0.372 e. The predicted molar refractivity (Wildman–Crippen MR) is 202 cm³/mol. The van der Waals surface area contributed by atoms with Crippen LogP contribution in [0.5, 0.6) is 11.5 Å². The van der Waals surface area contributed by atoms with Crippen LogP contribution in [0.3, 0.4) is 0 Å². The number of rotatable bonds is 11. The first-order valence-electron chi connectivity index (χ1n) is 16.1. The lowest BCUT2D eigenvalue weighted by Gasteiger charge is -2.10. The highest BCUT2D eigenvalue weighted by atomic mass is 32.1. The number of imide groups is 1. The Morgan fingerprint density at radius 1 is 0.727 bits per heavy atom. The van der Waals surface area contributed by atoms with Crippen molar-refractivity contribution < 1.29 is 63.8 Å². The van der Waals surface area contributed by atoms with Crippen molar-refractivity contribution in [1.29, 1.82) is 0 Å². The molecule has 3 aromatic carbocycles. The van der Waals surface area contributed by atoms with Crippen LogP contribution in [0.25, 0.3) is 0 Å². The molecule has 292 valence electrons. The summed E-state index contributed by atoms with van der Waals surface area (Å²) < 4.78 is 5.49. The number of hydrogen-bond acceptors (Lipinski definition) is 12. The lowest BCUT2D eigenvalue weighted by Crippen LogP contribution is -2.31. The van der Waals surface area contributed by atoms with E-state index in [1.807, 2.05) is 49.3 Å². The van der Waals surface area contributed by atoms with Gasteiger partial charge in [-0.3, -0.25) is 29.1 Å². The molecule has 17 heteroatoms. The van der Waals surface area contributed by atoms with Gasteiger partial charge in [0.15, 0.2) is 0 Å². The van der Waals surface area contributed by atoms with Gasteiger partial charge < -0.3 is 35.2 Å². The van der Waals surface area contributed by atoms with Crippen molar-refractivity contribution in [2.75, 3.05) is 32.1 Å². The topological polar surface area (TPSA) is 249 Å². The van der Waals surface area contributed by atoms with E-state index in [1.54, 1.807) is 60.9 Å². The smallest absolute Gasteiger partial charge is 0.372 e. The predicted octanol–water partition coefficient (Wildman–Crippen LogP) is 4.63. The van der Waals surface area contributed by atoms with Crippen LogP contribution >= 0.6 is 12.6 Å². The van der Waals surface area contributed by atoms with Crippen molar-refractivity contribution in [3.05, 3.63) is 115 Å². The van der Waals surface area contributed by atoms with Crippen molar-refractivity contribution in [3.63, 3.8) is 0 Å². The van der Waals surface area contributed by atoms with Crippen molar-refractivity contribution in [2.24, 2.45) is 0 Å². The second kappa shape index (κ2) is 25.4. The summed E-state index contributed by atoms with van der Waals surface area (Å²) in [6.07, 6.45) is 3.32. The standard InChI is InChI=1S/C13H10O3.C7H10N2.C7H6O2S.C6H9NO3.C5H6O5/c14-13(15)11-8-4-5-9-12(11)16-10-6-2-1-3-7-10;1-9(2)7-3-5-8-6-4-7;8-7(9)5-3-1-2-4-6(5)10;8-4-3-7-5(9)1-2-6(7)10;6-3(5(9)10)1-2-4(7)8/h1-9H,(H,14,15);3-6H,1-2H3;1-4,10H,(H,8,9);8H,1-4H2;1-2H2,(H,7,8)(H,9,10). The number of amides is 2. The molecule has 1 saturated heterocycles. The number of para-hydroxylation sites is 2. The zero-order valence-corrected chi connectivity index (χ0v) is 30.7. The van der Waals surface area contributed by atoms with E-state index in [0.717, 1.165) is 4.90 Å². The fourth-order valence-corrected chi connectivity index (χ4v) is 4.20. The first-order valence-corrected chi connectivity index (χ1v) is 16.6. The molecule has 0 unspecified atom stereocenters. The first kappa shape index (κ1) is 46.4. The Balaban J connectivity index is 0.000000351. The van der Waals surface area contributed by atoms with Crippen molar-refractivity contribution in [2.45, 2.75) is 30.6 Å². The molecule has 0 bridgehead atoms. The van der Waals surface area contributed by atoms with E-state index in [1.165, 1.54) is 17.8 Å². The third-order valence-electron chi connectivity index (χ3n) is 6.68. The number of pyridine rings is 1. The van der Waals surface area contributed by atoms with E-state index in [4.69, 9.17) is 30.3 Å². The fraction of sp³-hybridized carbons (Fsp3) is 0.211. The lowest BCUT2D eigenvalue weighted by atomic mass is 10.2. The fourth-order valence-electron chi connectivity index (χ4n) is 3.94. The molecule has 2 amide bonds. The molecule has 1 aromatic heterocycles. The minimum atomic E-state index is -1.58. The molecule has 55 heavy (non-hydrogen) atoms. The summed E-state index contributed by atoms with van der Waals surface area (Å²) in [6.45, 7) is 0.00907. The number of ketones is 1. The number of aliphatic hydroxyl groups excluding tert-OH is 1. The van der Waals surface area contributed by atoms with Gasteiger partial charge in [-0.15, -0.1) is 12.6 Å². The first-order chi connectivity index (χ1) is 26.1. The highest BCUT2D eigenvalue weighted by Crippen LogP contribution is 2.24. The highest BCUT2D eigenvalue weighted by Gasteiger charge is 2.27. The summed E-state index contributed by atoms with van der Waals surface area (Å²) in [6, 6.07) is 26.2. The number of Topliss-reactive ketones (excluding diaryl/α,β-unsaturated/α-hetero) is 1.